The van der Waals surface area contributed by atoms with Gasteiger partial charge in [-0.1, -0.05) is 35.3 Å². The van der Waals surface area contributed by atoms with Gasteiger partial charge in [-0.2, -0.15) is 4.98 Å². The Kier molecular flexibility index (Phi) is 12.9. The number of aromatic amines is 1. The molecule has 3 fully saturated rings. The Morgan fingerprint density at radius 1 is 0.910 bits per heavy atom. The van der Waals surface area contributed by atoms with Crippen LogP contribution in [0.3, 0.4) is 0 Å². The molecule has 0 spiro atoms. The topological polar surface area (TPSA) is 150 Å². The summed E-state index contributed by atoms with van der Waals surface area (Å²) in [6, 6.07) is 17.5. The lowest BCUT2D eigenvalue weighted by Gasteiger charge is -2.41. The number of likely N-dealkylation sites (tertiary alicyclic amines) is 1. The van der Waals surface area contributed by atoms with E-state index >= 15 is 0 Å². The molecule has 2 saturated heterocycles. The molecule has 14 nitrogen and oxygen atoms in total. The van der Waals surface area contributed by atoms with Crippen LogP contribution >= 0.6 is 34.5 Å². The van der Waals surface area contributed by atoms with E-state index in [9.17, 15) is 9.90 Å². The molecule has 4 aliphatic rings. The SMILES string of the molecule is Cc1sc2c(c1C)C(c1ccc(Cl)cc1)=N[C@@H](CC(=O)N1CCC(CN3CCN(CCOc4ccc(-c5nc6nc(OC7CC(C(C)(C)O)C7)[nH]c6cc5Cl)cc4)CC3)CC1)c1nnc(C)n1-2. The van der Waals surface area contributed by atoms with Crippen LogP contribution < -0.4 is 9.47 Å². The van der Waals surface area contributed by atoms with Gasteiger partial charge < -0.3 is 29.4 Å². The summed E-state index contributed by atoms with van der Waals surface area (Å²) in [7, 11) is 0. The molecule has 1 saturated carbocycles. The molecule has 10 rings (SSSR count). The molecular weight excluding hydrogens is 908 g/mol. The van der Waals surface area contributed by atoms with Gasteiger partial charge in [-0.15, -0.1) is 21.5 Å². The first-order valence-corrected chi connectivity index (χ1v) is 25.1. The Balaban J connectivity index is 0.672. The van der Waals surface area contributed by atoms with Gasteiger partial charge in [0.15, 0.2) is 11.5 Å². The largest absolute Gasteiger partial charge is 0.492 e. The number of ether oxygens (including phenoxy) is 2. The van der Waals surface area contributed by atoms with E-state index in [2.05, 4.69) is 48.4 Å². The molecule has 3 aliphatic heterocycles. The number of fused-ring (bicyclic) bond motifs is 4. The number of aromatic nitrogens is 6. The van der Waals surface area contributed by atoms with Crippen molar-refractivity contribution >= 4 is 57.3 Å². The maximum absolute atomic E-state index is 14.0. The Bertz CT molecular complexity index is 2780. The van der Waals surface area contributed by atoms with E-state index in [1.807, 2.05) is 80.3 Å². The van der Waals surface area contributed by atoms with Crippen LogP contribution in [-0.4, -0.2) is 132 Å². The van der Waals surface area contributed by atoms with Crippen LogP contribution in [0.25, 0.3) is 27.4 Å². The molecule has 67 heavy (non-hydrogen) atoms. The average molecular weight is 966 g/mol. The van der Waals surface area contributed by atoms with E-state index in [1.165, 1.54) is 10.4 Å². The molecule has 2 N–H and O–H groups in total. The highest BCUT2D eigenvalue weighted by Crippen LogP contribution is 2.41. The summed E-state index contributed by atoms with van der Waals surface area (Å²) >= 11 is 14.7. The third kappa shape index (κ3) is 9.73. The second-order valence-corrected chi connectivity index (χ2v) is 21.3. The van der Waals surface area contributed by atoms with Crippen LogP contribution in [-0.2, 0) is 4.79 Å². The molecular formula is C50H58Cl2N10O4S. The number of piperidine rings is 1. The number of amides is 1. The summed E-state index contributed by atoms with van der Waals surface area (Å²) in [4.78, 5) is 40.2. The number of aryl methyl sites for hydroxylation is 2. The highest BCUT2D eigenvalue weighted by Gasteiger charge is 2.41. The summed E-state index contributed by atoms with van der Waals surface area (Å²) in [5, 5.41) is 21.6. The molecule has 6 aromatic rings. The number of benzene rings is 2. The number of nitrogens with one attached hydrogen (secondary N) is 1. The number of H-pyrrole nitrogens is 1. The fourth-order valence-corrected chi connectivity index (χ4v) is 11.5. The number of hydrogen-bond donors (Lipinski definition) is 2. The highest BCUT2D eigenvalue weighted by molar-refractivity contribution is 7.15. The number of piperazine rings is 1. The Labute approximate surface area is 405 Å². The summed E-state index contributed by atoms with van der Waals surface area (Å²) in [6.45, 7) is 18.0. The van der Waals surface area contributed by atoms with Crippen molar-refractivity contribution in [2.24, 2.45) is 16.8 Å². The average Bonchev–Trinajstić information content (AvgIpc) is 3.94. The monoisotopic (exact) mass is 964 g/mol. The number of pyridine rings is 1. The minimum atomic E-state index is -0.705. The number of halogens is 2. The second kappa shape index (κ2) is 18.9. The van der Waals surface area contributed by atoms with E-state index < -0.39 is 11.6 Å². The van der Waals surface area contributed by atoms with E-state index in [-0.39, 0.29) is 24.3 Å². The lowest BCUT2D eigenvalue weighted by atomic mass is 9.72. The first-order valence-electron chi connectivity index (χ1n) is 23.5. The lowest BCUT2D eigenvalue weighted by Crippen LogP contribution is -2.49. The van der Waals surface area contributed by atoms with Crippen molar-refractivity contribution in [2.75, 3.05) is 59.0 Å². The molecule has 352 valence electrons. The van der Waals surface area contributed by atoms with Crippen LogP contribution in [0.5, 0.6) is 11.8 Å². The van der Waals surface area contributed by atoms with Gasteiger partial charge in [0, 0.05) is 78.9 Å². The van der Waals surface area contributed by atoms with Crippen molar-refractivity contribution < 1.29 is 19.4 Å². The van der Waals surface area contributed by atoms with Crippen LogP contribution in [0.4, 0.5) is 0 Å². The van der Waals surface area contributed by atoms with E-state index in [4.69, 9.17) is 42.7 Å². The molecule has 0 unspecified atom stereocenters. The third-order valence-electron chi connectivity index (χ3n) is 14.3. The molecule has 1 aliphatic carbocycles. The van der Waals surface area contributed by atoms with Crippen molar-refractivity contribution in [3.63, 3.8) is 0 Å². The maximum atomic E-state index is 14.0. The molecule has 1 amide bonds. The number of thiophene rings is 1. The molecule has 17 heteroatoms. The van der Waals surface area contributed by atoms with Gasteiger partial charge in [0.25, 0.3) is 6.01 Å². The molecule has 1 atom stereocenters. The molecule has 2 aromatic carbocycles. The lowest BCUT2D eigenvalue weighted by molar-refractivity contribution is -0.133. The smallest absolute Gasteiger partial charge is 0.296 e. The number of rotatable bonds is 13. The number of carbonyl (C=O) groups excluding carboxylic acids is 1. The molecule has 7 heterocycles. The van der Waals surface area contributed by atoms with E-state index in [0.717, 1.165) is 117 Å². The summed E-state index contributed by atoms with van der Waals surface area (Å²) in [6.07, 6.45) is 3.83. The third-order valence-corrected chi connectivity index (χ3v) is 16.0. The molecule has 0 bridgehead atoms. The number of carbonyl (C=O) groups is 1. The number of aliphatic hydroxyl groups is 1. The Morgan fingerprint density at radius 2 is 1.61 bits per heavy atom. The highest BCUT2D eigenvalue weighted by atomic mass is 35.5. The second-order valence-electron chi connectivity index (χ2n) is 19.2. The van der Waals surface area contributed by atoms with Crippen LogP contribution in [0.2, 0.25) is 10.0 Å². The zero-order valence-electron chi connectivity index (χ0n) is 38.8. The first kappa shape index (κ1) is 45.9. The van der Waals surface area contributed by atoms with Crippen molar-refractivity contribution in [1.82, 2.24) is 44.4 Å². The van der Waals surface area contributed by atoms with Gasteiger partial charge in [-0.25, -0.2) is 4.98 Å². The number of imidazole rings is 1. The van der Waals surface area contributed by atoms with Gasteiger partial charge in [0.2, 0.25) is 5.91 Å². The van der Waals surface area contributed by atoms with E-state index in [0.29, 0.717) is 51.3 Å². The van der Waals surface area contributed by atoms with Gasteiger partial charge in [-0.05, 0) is 120 Å². The maximum Gasteiger partial charge on any atom is 0.296 e. The normalized spacial score (nSPS) is 20.6. The van der Waals surface area contributed by atoms with Crippen molar-refractivity contribution in [1.29, 1.82) is 0 Å². The van der Waals surface area contributed by atoms with Crippen molar-refractivity contribution in [3.05, 3.63) is 97.9 Å². The van der Waals surface area contributed by atoms with Gasteiger partial charge in [0.05, 0.1) is 34.0 Å². The van der Waals surface area contributed by atoms with E-state index in [1.54, 1.807) is 11.3 Å². The standard InChI is InChI=1S/C50H58Cl2N10O4S/c1-29-30(2)67-48-43(29)45(34-6-10-36(51)11-7-34)53-41(47-58-57-31(3)62(47)48)27-42(63)61-16-14-32(15-17-61)28-60-20-18-59(19-21-60)22-23-65-37-12-8-33(9-13-37)44-39(52)26-40-46(55-44)56-49(54-40)66-38-24-35(25-38)50(4,5)64/h6-13,26,32,35,38,41,64H,14-25,27-28H2,1-5H3,(H,54,55,56)/t35?,38?,41-/m0/s1. The zero-order valence-corrected chi connectivity index (χ0v) is 41.1. The van der Waals surface area contributed by atoms with Crippen molar-refractivity contribution in [2.45, 2.75) is 84.5 Å². The molecule has 4 aromatic heterocycles. The summed E-state index contributed by atoms with van der Waals surface area (Å²) < 4.78 is 14.3. The van der Waals surface area contributed by atoms with Crippen LogP contribution in [0.15, 0.2) is 59.6 Å². The minimum absolute atomic E-state index is 0.0169. The predicted molar refractivity (Wildman–Crippen MR) is 263 cm³/mol. The number of nitrogens with zero attached hydrogens (tertiary/aromatic N) is 9. The first-order chi connectivity index (χ1) is 32.2. The summed E-state index contributed by atoms with van der Waals surface area (Å²) in [5.74, 6) is 3.20. The van der Waals surface area contributed by atoms with Gasteiger partial charge >= 0.3 is 0 Å². The van der Waals surface area contributed by atoms with Crippen LogP contribution in [0.1, 0.15) is 85.2 Å². The quantitative estimate of drug-likeness (QED) is 0.115. The number of aliphatic imine (C=N–C) groups is 1. The fourth-order valence-electron chi connectivity index (χ4n) is 9.90. The molecule has 0 radical (unpaired) electrons. The predicted octanol–water partition coefficient (Wildman–Crippen LogP) is 8.64. The number of hydrogen-bond acceptors (Lipinski definition) is 12. The zero-order chi connectivity index (χ0) is 46.6. The summed E-state index contributed by atoms with van der Waals surface area (Å²) in [5.41, 5.74) is 6.16. The van der Waals surface area contributed by atoms with Crippen LogP contribution in [0, 0.1) is 32.6 Å². The van der Waals surface area contributed by atoms with Gasteiger partial charge in [0.1, 0.15) is 35.3 Å². The minimum Gasteiger partial charge on any atom is -0.492 e. The van der Waals surface area contributed by atoms with Gasteiger partial charge in [-0.3, -0.25) is 19.3 Å². The Hall–Kier alpha value is -4.90. The van der Waals surface area contributed by atoms with Crippen molar-refractivity contribution in [3.8, 4) is 28.0 Å². The fraction of sp³-hybridized carbons (Fsp3) is 0.480. The Morgan fingerprint density at radius 3 is 2.33 bits per heavy atom.